The van der Waals surface area contributed by atoms with Crippen LogP contribution in [0.25, 0.3) is 11.4 Å². The molecule has 1 aliphatic rings. The summed E-state index contributed by atoms with van der Waals surface area (Å²) in [4.78, 5) is 27.2. The Balaban J connectivity index is 1.43. The van der Waals surface area contributed by atoms with Gasteiger partial charge in [-0.1, -0.05) is 60.7 Å². The van der Waals surface area contributed by atoms with Crippen molar-refractivity contribution in [1.82, 2.24) is 31.3 Å². The maximum absolute atomic E-state index is 13.8. The first-order valence-electron chi connectivity index (χ1n) is 11.3. The Kier molecular flexibility index (Phi) is 6.64. The summed E-state index contributed by atoms with van der Waals surface area (Å²) in [5.74, 6) is -0.0539. The second kappa shape index (κ2) is 10.2. The second-order valence-corrected chi connectivity index (χ2v) is 9.24. The Morgan fingerprint density at radius 2 is 1.77 bits per heavy atom. The predicted molar refractivity (Wildman–Crippen MR) is 130 cm³/mol. The molecule has 2 amide bonds. The Morgan fingerprint density at radius 3 is 2.43 bits per heavy atom. The molecule has 2 aromatic carbocycles. The number of benzene rings is 2. The number of rotatable bonds is 7. The van der Waals surface area contributed by atoms with Crippen LogP contribution < -0.4 is 10.6 Å². The highest BCUT2D eigenvalue weighted by Gasteiger charge is 2.38. The van der Waals surface area contributed by atoms with E-state index in [1.54, 1.807) is 6.07 Å². The molecule has 1 aliphatic heterocycles. The summed E-state index contributed by atoms with van der Waals surface area (Å²) in [6, 6.07) is 19.8. The highest BCUT2D eigenvalue weighted by Crippen LogP contribution is 2.34. The molecule has 1 atom stereocenters. The number of carbonyl (C=O) groups is 2. The number of hydrogen-bond donors (Lipinski definition) is 3. The van der Waals surface area contributed by atoms with E-state index in [-0.39, 0.29) is 11.8 Å². The van der Waals surface area contributed by atoms with Gasteiger partial charge in [-0.25, -0.2) is 0 Å². The normalized spacial score (nSPS) is 15.8. The first kappa shape index (κ1) is 22.9. The molecule has 1 fully saturated rings. The van der Waals surface area contributed by atoms with Crippen molar-refractivity contribution >= 4 is 23.2 Å². The molecule has 5 rings (SSSR count). The van der Waals surface area contributed by atoms with Crippen molar-refractivity contribution < 1.29 is 14.3 Å². The van der Waals surface area contributed by atoms with Crippen molar-refractivity contribution in [2.45, 2.75) is 24.4 Å². The third-order valence-electron chi connectivity index (χ3n) is 6.17. The van der Waals surface area contributed by atoms with E-state index >= 15 is 0 Å². The Labute approximate surface area is 205 Å². The van der Waals surface area contributed by atoms with Gasteiger partial charge in [0.1, 0.15) is 6.04 Å². The van der Waals surface area contributed by atoms with Gasteiger partial charge in [0.2, 0.25) is 11.7 Å². The third-order valence-corrected chi connectivity index (χ3v) is 7.03. The molecule has 2 aromatic heterocycles. The number of thiophene rings is 1. The summed E-state index contributed by atoms with van der Waals surface area (Å²) in [5.41, 5.74) is 1.86. The van der Waals surface area contributed by atoms with Crippen LogP contribution in [-0.4, -0.2) is 45.7 Å². The average molecular weight is 489 g/mol. The highest BCUT2D eigenvalue weighted by molar-refractivity contribution is 7.12. The monoisotopic (exact) mass is 488 g/mol. The van der Waals surface area contributed by atoms with Gasteiger partial charge in [-0.3, -0.25) is 9.59 Å². The number of amides is 2. The van der Waals surface area contributed by atoms with Crippen molar-refractivity contribution in [2.24, 2.45) is 0 Å². The Bertz CT molecular complexity index is 1250. The van der Waals surface area contributed by atoms with E-state index in [9.17, 15) is 9.59 Å². The molecule has 0 radical (unpaired) electrons. The van der Waals surface area contributed by atoms with Gasteiger partial charge in [-0.15, -0.1) is 21.5 Å². The molecular weight excluding hydrogens is 464 g/mol. The lowest BCUT2D eigenvalue weighted by Gasteiger charge is -2.39. The SMILES string of the molecule is O=C(NC(C(=O)NC1(c2ccc(-c3nn[nH]n3)cc2)CCOCC1)c1ccccc1)c1cccs1. The van der Waals surface area contributed by atoms with Crippen LogP contribution in [0.4, 0.5) is 0 Å². The summed E-state index contributed by atoms with van der Waals surface area (Å²) >= 11 is 1.33. The summed E-state index contributed by atoms with van der Waals surface area (Å²) in [7, 11) is 0. The molecule has 1 unspecified atom stereocenters. The quantitative estimate of drug-likeness (QED) is 0.367. The number of H-pyrrole nitrogens is 1. The van der Waals surface area contributed by atoms with Gasteiger partial charge < -0.3 is 15.4 Å². The van der Waals surface area contributed by atoms with Crippen LogP contribution in [0.2, 0.25) is 0 Å². The fourth-order valence-electron chi connectivity index (χ4n) is 4.29. The van der Waals surface area contributed by atoms with Crippen LogP contribution in [0.1, 0.15) is 39.7 Å². The van der Waals surface area contributed by atoms with Crippen LogP contribution in [0.5, 0.6) is 0 Å². The lowest BCUT2D eigenvalue weighted by Crippen LogP contribution is -2.53. The summed E-state index contributed by atoms with van der Waals surface area (Å²) in [5, 5.41) is 22.1. The van der Waals surface area contributed by atoms with E-state index in [4.69, 9.17) is 4.74 Å². The molecule has 3 heterocycles. The maximum atomic E-state index is 13.8. The molecule has 0 aliphatic carbocycles. The predicted octanol–water partition coefficient (Wildman–Crippen LogP) is 3.22. The van der Waals surface area contributed by atoms with E-state index in [2.05, 4.69) is 31.3 Å². The van der Waals surface area contributed by atoms with E-state index in [0.717, 1.165) is 11.1 Å². The van der Waals surface area contributed by atoms with Gasteiger partial charge in [0, 0.05) is 18.8 Å². The number of hydrogen-bond acceptors (Lipinski definition) is 7. The van der Waals surface area contributed by atoms with Crippen molar-refractivity contribution in [3.05, 3.63) is 88.1 Å². The number of carbonyl (C=O) groups excluding carboxylic acids is 2. The lowest BCUT2D eigenvalue weighted by atomic mass is 9.81. The first-order valence-corrected chi connectivity index (χ1v) is 12.2. The van der Waals surface area contributed by atoms with E-state index < -0.39 is 11.6 Å². The molecule has 0 bridgehead atoms. The smallest absolute Gasteiger partial charge is 0.262 e. The van der Waals surface area contributed by atoms with Crippen molar-refractivity contribution in [1.29, 1.82) is 0 Å². The van der Waals surface area contributed by atoms with Crippen molar-refractivity contribution in [3.8, 4) is 11.4 Å². The number of aromatic amines is 1. The van der Waals surface area contributed by atoms with Gasteiger partial charge in [0.15, 0.2) is 0 Å². The third kappa shape index (κ3) is 4.98. The highest BCUT2D eigenvalue weighted by atomic mass is 32.1. The van der Waals surface area contributed by atoms with Crippen molar-refractivity contribution in [3.63, 3.8) is 0 Å². The topological polar surface area (TPSA) is 122 Å². The fourth-order valence-corrected chi connectivity index (χ4v) is 4.92. The molecule has 10 heteroatoms. The van der Waals surface area contributed by atoms with E-state index in [0.29, 0.717) is 42.3 Å². The number of tetrazole rings is 1. The zero-order valence-electron chi connectivity index (χ0n) is 18.8. The number of ether oxygens (including phenoxy) is 1. The zero-order valence-corrected chi connectivity index (χ0v) is 19.6. The minimum atomic E-state index is -0.843. The molecule has 9 nitrogen and oxygen atoms in total. The molecule has 4 aromatic rings. The minimum absolute atomic E-state index is 0.273. The molecule has 0 spiro atoms. The van der Waals surface area contributed by atoms with Crippen LogP contribution in [-0.2, 0) is 15.1 Å². The maximum Gasteiger partial charge on any atom is 0.262 e. The van der Waals surface area contributed by atoms with Gasteiger partial charge >= 0.3 is 0 Å². The van der Waals surface area contributed by atoms with Gasteiger partial charge in [-0.2, -0.15) is 5.21 Å². The summed E-state index contributed by atoms with van der Waals surface area (Å²) in [6.45, 7) is 1.04. The minimum Gasteiger partial charge on any atom is -0.381 e. The Hall–Kier alpha value is -3.89. The standard InChI is InChI=1S/C25H24N6O3S/c32-23(20-7-4-16-35-20)26-21(17-5-2-1-3-6-17)24(33)27-25(12-14-34-15-13-25)19-10-8-18(9-11-19)22-28-30-31-29-22/h1-11,16,21H,12-15H2,(H,26,32)(H,27,33)(H,28,29,30,31). The molecule has 35 heavy (non-hydrogen) atoms. The molecule has 0 saturated carbocycles. The summed E-state index contributed by atoms with van der Waals surface area (Å²) < 4.78 is 5.62. The number of aromatic nitrogens is 4. The molecule has 3 N–H and O–H groups in total. The van der Waals surface area contributed by atoms with Crippen LogP contribution in [0, 0.1) is 0 Å². The fraction of sp³-hybridized carbons (Fsp3) is 0.240. The van der Waals surface area contributed by atoms with Crippen molar-refractivity contribution in [2.75, 3.05) is 13.2 Å². The van der Waals surface area contributed by atoms with Gasteiger partial charge in [0.25, 0.3) is 5.91 Å². The molecule has 1 saturated heterocycles. The van der Waals surface area contributed by atoms with Gasteiger partial charge in [-0.05, 0) is 40.6 Å². The number of nitrogens with zero attached hydrogens (tertiary/aromatic N) is 3. The largest absolute Gasteiger partial charge is 0.381 e. The van der Waals surface area contributed by atoms with E-state index in [1.807, 2.05) is 66.0 Å². The summed E-state index contributed by atoms with van der Waals surface area (Å²) in [6.07, 6.45) is 1.22. The van der Waals surface area contributed by atoms with Crippen LogP contribution >= 0.6 is 11.3 Å². The molecular formula is C25H24N6O3S. The number of nitrogens with one attached hydrogen (secondary N) is 3. The second-order valence-electron chi connectivity index (χ2n) is 8.29. The average Bonchev–Trinajstić information content (AvgIpc) is 3.63. The Morgan fingerprint density at radius 1 is 1.00 bits per heavy atom. The zero-order chi connectivity index (χ0) is 24.1. The van der Waals surface area contributed by atoms with Crippen LogP contribution in [0.15, 0.2) is 72.1 Å². The lowest BCUT2D eigenvalue weighted by molar-refractivity contribution is -0.126. The van der Waals surface area contributed by atoms with E-state index in [1.165, 1.54) is 11.3 Å². The van der Waals surface area contributed by atoms with Crippen LogP contribution in [0.3, 0.4) is 0 Å². The first-order chi connectivity index (χ1) is 17.1. The van der Waals surface area contributed by atoms with Gasteiger partial charge in [0.05, 0.1) is 10.4 Å². The molecule has 178 valence electrons.